The second-order valence-corrected chi connectivity index (χ2v) is 6.18. The lowest BCUT2D eigenvalue weighted by atomic mass is 9.92. The molecule has 0 saturated carbocycles. The van der Waals surface area contributed by atoms with E-state index < -0.39 is 0 Å². The van der Waals surface area contributed by atoms with Gasteiger partial charge in [-0.2, -0.15) is 0 Å². The van der Waals surface area contributed by atoms with Crippen LogP contribution in [0.3, 0.4) is 0 Å². The normalized spacial score (nSPS) is 19.3. The molecule has 4 nitrogen and oxygen atoms in total. The van der Waals surface area contributed by atoms with Gasteiger partial charge in [0, 0.05) is 45.8 Å². The molecule has 0 unspecified atom stereocenters. The lowest BCUT2D eigenvalue weighted by molar-refractivity contribution is 0.0851. The van der Waals surface area contributed by atoms with Gasteiger partial charge in [-0.3, -0.25) is 4.90 Å². The standard InChI is InChI=1S/C14H31N3O/c1-4-5-15-12-14(2,3)13-17-8-6-16(7-9-17)10-11-18/h15,18H,4-13H2,1-3H3. The van der Waals surface area contributed by atoms with Crippen LogP contribution < -0.4 is 5.32 Å². The maximum absolute atomic E-state index is 8.93. The van der Waals surface area contributed by atoms with Crippen LogP contribution in [0.4, 0.5) is 0 Å². The second kappa shape index (κ2) is 8.10. The minimum Gasteiger partial charge on any atom is -0.395 e. The van der Waals surface area contributed by atoms with E-state index in [0.717, 1.165) is 52.4 Å². The fourth-order valence-electron chi connectivity index (χ4n) is 2.58. The number of hydrogen-bond acceptors (Lipinski definition) is 4. The Labute approximate surface area is 112 Å². The Kier molecular flexibility index (Phi) is 7.15. The maximum Gasteiger partial charge on any atom is 0.0558 e. The summed E-state index contributed by atoms with van der Waals surface area (Å²) in [6.45, 7) is 15.8. The summed E-state index contributed by atoms with van der Waals surface area (Å²) in [5, 5.41) is 12.5. The van der Waals surface area contributed by atoms with E-state index in [2.05, 4.69) is 35.9 Å². The summed E-state index contributed by atoms with van der Waals surface area (Å²) in [6.07, 6.45) is 1.20. The van der Waals surface area contributed by atoms with Crippen LogP contribution in [0.1, 0.15) is 27.2 Å². The van der Waals surface area contributed by atoms with Crippen LogP contribution in [-0.2, 0) is 0 Å². The van der Waals surface area contributed by atoms with Gasteiger partial charge in [-0.25, -0.2) is 0 Å². The number of rotatable bonds is 8. The van der Waals surface area contributed by atoms with Gasteiger partial charge >= 0.3 is 0 Å². The molecule has 0 aromatic heterocycles. The van der Waals surface area contributed by atoms with Crippen LogP contribution in [0, 0.1) is 5.41 Å². The van der Waals surface area contributed by atoms with Crippen molar-refractivity contribution in [2.75, 3.05) is 59.0 Å². The molecule has 1 heterocycles. The number of nitrogens with zero attached hydrogens (tertiary/aromatic N) is 2. The topological polar surface area (TPSA) is 38.7 Å². The highest BCUT2D eigenvalue weighted by atomic mass is 16.3. The quantitative estimate of drug-likeness (QED) is 0.625. The number of β-amino-alcohol motifs (C(OH)–C–C–N with tert-alkyl or cyclic N) is 1. The molecular formula is C14H31N3O. The molecule has 0 radical (unpaired) electrons. The van der Waals surface area contributed by atoms with Crippen LogP contribution in [0.2, 0.25) is 0 Å². The lowest BCUT2D eigenvalue weighted by Gasteiger charge is -2.38. The molecule has 0 aliphatic carbocycles. The Morgan fingerprint density at radius 2 is 1.72 bits per heavy atom. The highest BCUT2D eigenvalue weighted by Crippen LogP contribution is 2.17. The van der Waals surface area contributed by atoms with Crippen molar-refractivity contribution in [1.29, 1.82) is 0 Å². The molecule has 1 fully saturated rings. The fraction of sp³-hybridized carbons (Fsp3) is 1.00. The second-order valence-electron chi connectivity index (χ2n) is 6.18. The molecule has 1 aliphatic rings. The zero-order valence-corrected chi connectivity index (χ0v) is 12.4. The van der Waals surface area contributed by atoms with Crippen LogP contribution in [0.5, 0.6) is 0 Å². The molecular weight excluding hydrogens is 226 g/mol. The van der Waals surface area contributed by atoms with Gasteiger partial charge in [0.05, 0.1) is 6.61 Å². The minimum atomic E-state index is 0.284. The van der Waals surface area contributed by atoms with Crippen molar-refractivity contribution in [2.24, 2.45) is 5.41 Å². The Hall–Kier alpha value is -0.160. The number of nitrogens with one attached hydrogen (secondary N) is 1. The van der Waals surface area contributed by atoms with Gasteiger partial charge < -0.3 is 15.3 Å². The minimum absolute atomic E-state index is 0.284. The summed E-state index contributed by atoms with van der Waals surface area (Å²) < 4.78 is 0. The molecule has 1 saturated heterocycles. The number of hydrogen-bond donors (Lipinski definition) is 2. The fourth-order valence-corrected chi connectivity index (χ4v) is 2.58. The first-order valence-corrected chi connectivity index (χ1v) is 7.33. The van der Waals surface area contributed by atoms with Crippen molar-refractivity contribution in [2.45, 2.75) is 27.2 Å². The van der Waals surface area contributed by atoms with Crippen LogP contribution >= 0.6 is 0 Å². The lowest BCUT2D eigenvalue weighted by Crippen LogP contribution is -2.50. The zero-order valence-electron chi connectivity index (χ0n) is 12.4. The molecule has 4 heteroatoms. The summed E-state index contributed by atoms with van der Waals surface area (Å²) in [7, 11) is 0. The molecule has 1 aliphatic heterocycles. The third-order valence-electron chi connectivity index (χ3n) is 3.56. The molecule has 0 atom stereocenters. The average molecular weight is 257 g/mol. The van der Waals surface area contributed by atoms with E-state index in [4.69, 9.17) is 5.11 Å². The van der Waals surface area contributed by atoms with Crippen molar-refractivity contribution in [3.8, 4) is 0 Å². The summed E-state index contributed by atoms with van der Waals surface area (Å²) in [5.41, 5.74) is 0.342. The molecule has 0 bridgehead atoms. The summed E-state index contributed by atoms with van der Waals surface area (Å²) in [4.78, 5) is 4.90. The zero-order chi connectivity index (χ0) is 13.4. The molecule has 18 heavy (non-hydrogen) atoms. The van der Waals surface area contributed by atoms with E-state index in [1.54, 1.807) is 0 Å². The van der Waals surface area contributed by atoms with E-state index in [9.17, 15) is 0 Å². The molecule has 108 valence electrons. The maximum atomic E-state index is 8.93. The molecule has 0 amide bonds. The average Bonchev–Trinajstić information content (AvgIpc) is 2.32. The van der Waals surface area contributed by atoms with Gasteiger partial charge in [0.1, 0.15) is 0 Å². The Morgan fingerprint density at radius 3 is 2.28 bits per heavy atom. The SMILES string of the molecule is CCCNCC(C)(C)CN1CCN(CCO)CC1. The van der Waals surface area contributed by atoms with E-state index in [1.807, 2.05) is 0 Å². The van der Waals surface area contributed by atoms with Crippen molar-refractivity contribution in [1.82, 2.24) is 15.1 Å². The van der Waals surface area contributed by atoms with E-state index in [-0.39, 0.29) is 6.61 Å². The molecule has 2 N–H and O–H groups in total. The van der Waals surface area contributed by atoms with Gasteiger partial charge in [-0.15, -0.1) is 0 Å². The van der Waals surface area contributed by atoms with Gasteiger partial charge in [-0.05, 0) is 18.4 Å². The smallest absolute Gasteiger partial charge is 0.0558 e. The van der Waals surface area contributed by atoms with Crippen LogP contribution in [-0.4, -0.2) is 73.9 Å². The molecule has 1 rings (SSSR count). The van der Waals surface area contributed by atoms with Crippen LogP contribution in [0.25, 0.3) is 0 Å². The summed E-state index contributed by atoms with van der Waals surface area (Å²) in [5.74, 6) is 0. The first-order valence-electron chi connectivity index (χ1n) is 7.33. The van der Waals surface area contributed by atoms with Crippen molar-refractivity contribution in [3.05, 3.63) is 0 Å². The van der Waals surface area contributed by atoms with Gasteiger partial charge in [0.2, 0.25) is 0 Å². The summed E-state index contributed by atoms with van der Waals surface area (Å²) in [6, 6.07) is 0. The van der Waals surface area contributed by atoms with Crippen molar-refractivity contribution in [3.63, 3.8) is 0 Å². The van der Waals surface area contributed by atoms with Crippen molar-refractivity contribution < 1.29 is 5.11 Å². The molecule has 0 aromatic rings. The predicted octanol–water partition coefficient (Wildman–Crippen LogP) is 0.622. The monoisotopic (exact) mass is 257 g/mol. The summed E-state index contributed by atoms with van der Waals surface area (Å²) >= 11 is 0. The number of aliphatic hydroxyl groups is 1. The predicted molar refractivity (Wildman–Crippen MR) is 76.9 cm³/mol. The largest absolute Gasteiger partial charge is 0.395 e. The first kappa shape index (κ1) is 15.9. The highest BCUT2D eigenvalue weighted by Gasteiger charge is 2.24. The van der Waals surface area contributed by atoms with Gasteiger partial charge in [-0.1, -0.05) is 20.8 Å². The third kappa shape index (κ3) is 6.14. The first-order chi connectivity index (χ1) is 8.57. The van der Waals surface area contributed by atoms with E-state index >= 15 is 0 Å². The van der Waals surface area contributed by atoms with E-state index in [1.165, 1.54) is 6.42 Å². The Bertz CT molecular complexity index is 213. The highest BCUT2D eigenvalue weighted by molar-refractivity contribution is 4.80. The van der Waals surface area contributed by atoms with Gasteiger partial charge in [0.25, 0.3) is 0 Å². The van der Waals surface area contributed by atoms with Crippen molar-refractivity contribution >= 4 is 0 Å². The Morgan fingerprint density at radius 1 is 1.11 bits per heavy atom. The molecule has 0 aromatic carbocycles. The van der Waals surface area contributed by atoms with Gasteiger partial charge in [0.15, 0.2) is 0 Å². The number of piperazine rings is 1. The van der Waals surface area contributed by atoms with Crippen LogP contribution in [0.15, 0.2) is 0 Å². The Balaban J connectivity index is 2.22. The number of aliphatic hydroxyl groups excluding tert-OH is 1. The van der Waals surface area contributed by atoms with E-state index in [0.29, 0.717) is 5.41 Å². The molecule has 0 spiro atoms. The third-order valence-corrected chi connectivity index (χ3v) is 3.56.